The number of aryl methyl sites for hydroxylation is 3. The molecule has 14 heteroatoms. The molecular formula is C19H20Cl3N5O6. The third kappa shape index (κ3) is 8.37. The number of hydrogen-bond donors (Lipinski definition) is 0. The highest BCUT2D eigenvalue weighted by molar-refractivity contribution is 6.77. The summed E-state index contributed by atoms with van der Waals surface area (Å²) >= 11 is 16.1. The van der Waals surface area contributed by atoms with Crippen molar-refractivity contribution in [3.8, 4) is 0 Å². The van der Waals surface area contributed by atoms with Crippen LogP contribution >= 0.6 is 34.8 Å². The highest BCUT2D eigenvalue weighted by atomic mass is 35.6. The van der Waals surface area contributed by atoms with Gasteiger partial charge in [0.2, 0.25) is 5.78 Å². The summed E-state index contributed by atoms with van der Waals surface area (Å²) < 4.78 is 2.57. The van der Waals surface area contributed by atoms with E-state index in [1.54, 1.807) is 7.05 Å². The number of rotatable bonds is 4. The Bertz CT molecular complexity index is 1150. The molecule has 0 fully saturated rings. The summed E-state index contributed by atoms with van der Waals surface area (Å²) in [6.45, 7) is 1.37. The summed E-state index contributed by atoms with van der Waals surface area (Å²) in [5.74, 6) is -0.978. The van der Waals surface area contributed by atoms with E-state index in [-0.39, 0.29) is 22.9 Å². The number of nitro groups is 2. The second-order valence-corrected chi connectivity index (χ2v) is 8.92. The van der Waals surface area contributed by atoms with Gasteiger partial charge >= 0.3 is 0 Å². The van der Waals surface area contributed by atoms with Crippen molar-refractivity contribution in [1.82, 2.24) is 13.7 Å². The summed E-state index contributed by atoms with van der Waals surface area (Å²) in [6.07, 6.45) is 6.49. The lowest BCUT2D eigenvalue weighted by Gasteiger charge is -2.08. The van der Waals surface area contributed by atoms with Crippen LogP contribution in [-0.4, -0.2) is 38.9 Å². The molecule has 0 radical (unpaired) electrons. The molecule has 0 aliphatic carbocycles. The molecule has 3 heterocycles. The number of nitrogens with zero attached hydrogens (tertiary/aromatic N) is 5. The first-order valence-corrected chi connectivity index (χ1v) is 10.1. The van der Waals surface area contributed by atoms with Crippen LogP contribution < -0.4 is 0 Å². The normalized spacial score (nSPS) is 10.4. The zero-order valence-electron chi connectivity index (χ0n) is 17.9. The smallest absolute Gasteiger partial charge is 0.287 e. The predicted molar refractivity (Wildman–Crippen MR) is 124 cm³/mol. The minimum atomic E-state index is -2.11. The van der Waals surface area contributed by atoms with Gasteiger partial charge in [0.05, 0.1) is 33.6 Å². The molecule has 3 aromatic heterocycles. The Morgan fingerprint density at radius 1 is 0.848 bits per heavy atom. The fourth-order valence-corrected chi connectivity index (χ4v) is 2.73. The topological polar surface area (TPSA) is 135 Å². The van der Waals surface area contributed by atoms with E-state index in [1.807, 2.05) is 36.1 Å². The van der Waals surface area contributed by atoms with Gasteiger partial charge < -0.3 is 13.7 Å². The molecule has 0 saturated carbocycles. The van der Waals surface area contributed by atoms with Crippen molar-refractivity contribution in [3.05, 3.63) is 80.7 Å². The third-order valence-corrected chi connectivity index (χ3v) is 4.52. The van der Waals surface area contributed by atoms with Crippen molar-refractivity contribution >= 4 is 57.7 Å². The lowest BCUT2D eigenvalue weighted by atomic mass is 10.3. The number of aromatic nitrogens is 3. The van der Waals surface area contributed by atoms with E-state index in [4.69, 9.17) is 34.8 Å². The van der Waals surface area contributed by atoms with Gasteiger partial charge in [-0.15, -0.1) is 0 Å². The summed E-state index contributed by atoms with van der Waals surface area (Å²) in [4.78, 5) is 41.9. The number of hydrogen-bond acceptors (Lipinski definition) is 6. The summed E-state index contributed by atoms with van der Waals surface area (Å²) in [5.41, 5.74) is 0.0428. The molecule has 11 nitrogen and oxygen atoms in total. The minimum Gasteiger partial charge on any atom is -0.357 e. The van der Waals surface area contributed by atoms with Crippen LogP contribution in [0.5, 0.6) is 0 Å². The van der Waals surface area contributed by atoms with Gasteiger partial charge in [0, 0.05) is 52.6 Å². The van der Waals surface area contributed by atoms with Gasteiger partial charge in [-0.05, 0) is 12.1 Å². The van der Waals surface area contributed by atoms with Crippen LogP contribution in [0.2, 0.25) is 0 Å². The Morgan fingerprint density at radius 3 is 1.48 bits per heavy atom. The predicted octanol–water partition coefficient (Wildman–Crippen LogP) is 4.65. The molecule has 0 aliphatic heterocycles. The maximum Gasteiger partial charge on any atom is 0.287 e. The van der Waals surface area contributed by atoms with Gasteiger partial charge in [-0.25, -0.2) is 0 Å². The van der Waals surface area contributed by atoms with E-state index in [0.717, 1.165) is 6.07 Å². The van der Waals surface area contributed by atoms with Crippen LogP contribution in [0.1, 0.15) is 27.9 Å². The lowest BCUT2D eigenvalue weighted by Crippen LogP contribution is -2.21. The fraction of sp³-hybridized carbons (Fsp3) is 0.263. The molecule has 3 aromatic rings. The Balaban J connectivity index is 0.000000268. The summed E-state index contributed by atoms with van der Waals surface area (Å²) in [6, 6.07) is 6.33. The molecule has 0 amide bonds. The van der Waals surface area contributed by atoms with Crippen molar-refractivity contribution < 1.29 is 19.4 Å². The zero-order valence-corrected chi connectivity index (χ0v) is 20.2. The molecule has 178 valence electrons. The average Bonchev–Trinajstić information content (AvgIpc) is 3.41. The number of ketones is 2. The van der Waals surface area contributed by atoms with Crippen molar-refractivity contribution in [2.45, 2.75) is 10.7 Å². The van der Waals surface area contributed by atoms with E-state index in [0.29, 0.717) is 5.69 Å². The van der Waals surface area contributed by atoms with Crippen LogP contribution in [0.25, 0.3) is 0 Å². The quantitative estimate of drug-likeness (QED) is 0.213. The lowest BCUT2D eigenvalue weighted by molar-refractivity contribution is -0.385. The summed E-state index contributed by atoms with van der Waals surface area (Å²) in [5, 5.41) is 20.7. The minimum absolute atomic E-state index is 0.0262. The Kier molecular flexibility index (Phi) is 9.83. The SMILES string of the molecule is CC(=O)c1cc([N+](=O)[O-])cn1C.Cn1cc([N+](=O)[O-])cc1C(=O)C(Cl)(Cl)Cl.Cn1cccc1. The van der Waals surface area contributed by atoms with Crippen molar-refractivity contribution in [2.75, 3.05) is 0 Å². The first-order chi connectivity index (χ1) is 15.1. The monoisotopic (exact) mass is 519 g/mol. The molecule has 0 aromatic carbocycles. The molecule has 3 rings (SSSR count). The number of carbonyl (C=O) groups is 2. The molecular weight excluding hydrogens is 501 g/mol. The molecule has 0 saturated heterocycles. The average molecular weight is 521 g/mol. The Labute approximate surface area is 203 Å². The molecule has 33 heavy (non-hydrogen) atoms. The van der Waals surface area contributed by atoms with E-state index in [1.165, 1.54) is 41.6 Å². The Hall–Kier alpha value is -3.15. The number of Topliss-reactive ketones (excluding diaryl/α,β-unsaturated/α-hetero) is 2. The number of alkyl halides is 3. The highest BCUT2D eigenvalue weighted by Crippen LogP contribution is 2.31. The van der Waals surface area contributed by atoms with E-state index >= 15 is 0 Å². The van der Waals surface area contributed by atoms with Gasteiger partial charge in [-0.1, -0.05) is 34.8 Å². The first kappa shape index (κ1) is 27.9. The van der Waals surface area contributed by atoms with Crippen LogP contribution in [0.15, 0.2) is 49.1 Å². The number of carbonyl (C=O) groups excluding carboxylic acids is 2. The largest absolute Gasteiger partial charge is 0.357 e. The molecule has 0 N–H and O–H groups in total. The zero-order chi connectivity index (χ0) is 25.5. The highest BCUT2D eigenvalue weighted by Gasteiger charge is 2.34. The first-order valence-electron chi connectivity index (χ1n) is 8.96. The second-order valence-electron chi connectivity index (χ2n) is 6.63. The number of halogens is 3. The van der Waals surface area contributed by atoms with E-state index in [9.17, 15) is 29.8 Å². The van der Waals surface area contributed by atoms with Crippen LogP contribution in [-0.2, 0) is 21.1 Å². The van der Waals surface area contributed by atoms with Crippen LogP contribution in [0.3, 0.4) is 0 Å². The van der Waals surface area contributed by atoms with Gasteiger partial charge in [0.25, 0.3) is 15.2 Å². The van der Waals surface area contributed by atoms with Gasteiger partial charge in [0.15, 0.2) is 5.78 Å². The fourth-order valence-electron chi connectivity index (χ4n) is 2.44. The van der Waals surface area contributed by atoms with Crippen molar-refractivity contribution in [1.29, 1.82) is 0 Å². The van der Waals surface area contributed by atoms with E-state index in [2.05, 4.69) is 0 Å². The molecule has 0 bridgehead atoms. The van der Waals surface area contributed by atoms with Gasteiger partial charge in [-0.2, -0.15) is 0 Å². The van der Waals surface area contributed by atoms with Gasteiger partial charge in [-0.3, -0.25) is 29.8 Å². The maximum atomic E-state index is 11.5. The van der Waals surface area contributed by atoms with Crippen LogP contribution in [0, 0.1) is 20.2 Å². The van der Waals surface area contributed by atoms with Crippen molar-refractivity contribution in [2.24, 2.45) is 21.1 Å². The maximum absolute atomic E-state index is 11.5. The second kappa shape index (κ2) is 11.6. The third-order valence-electron chi connectivity index (χ3n) is 4.01. The molecule has 0 atom stereocenters. The standard InChI is InChI=1S/C7H5Cl3N2O3.C7H8N2O3.C5H7N/c1-11-3-4(12(14)15)2-5(11)6(13)7(8,9)10;1-5(10)7-3-6(9(11)12)4-8(7)2;1-6-4-2-3-5-6/h2-3H,1H3;3-4H,1-2H3;2-5H,1H3. The van der Waals surface area contributed by atoms with E-state index < -0.39 is 19.4 Å². The molecule has 0 spiro atoms. The van der Waals surface area contributed by atoms with Crippen molar-refractivity contribution in [3.63, 3.8) is 0 Å². The van der Waals surface area contributed by atoms with Gasteiger partial charge in [0.1, 0.15) is 0 Å². The molecule has 0 unspecified atom stereocenters. The molecule has 0 aliphatic rings. The summed E-state index contributed by atoms with van der Waals surface area (Å²) in [7, 11) is 5.06. The Morgan fingerprint density at radius 2 is 1.24 bits per heavy atom. The van der Waals surface area contributed by atoms with Crippen LogP contribution in [0.4, 0.5) is 11.4 Å².